The van der Waals surface area contributed by atoms with E-state index in [9.17, 15) is 9.90 Å². The fraction of sp³-hybridized carbons (Fsp3) is 0.929. The number of rotatable bonds is 5. The monoisotopic (exact) mass is 256 g/mol. The zero-order chi connectivity index (χ0) is 13.6. The maximum absolute atomic E-state index is 12.4. The number of hydrogen-bond donors (Lipinski definition) is 3. The molecule has 106 valence electrons. The Hall–Kier alpha value is -0.610. The van der Waals surface area contributed by atoms with Gasteiger partial charge >= 0.3 is 0 Å². The molecule has 1 fully saturated rings. The number of nitrogens with two attached hydrogens (primary N) is 1. The summed E-state index contributed by atoms with van der Waals surface area (Å²) in [5.41, 5.74) is 5.23. The first-order valence-corrected chi connectivity index (χ1v) is 7.05. The Balaban J connectivity index is 2.61. The lowest BCUT2D eigenvalue weighted by molar-refractivity contribution is -0.132. The molecule has 1 aliphatic carbocycles. The lowest BCUT2D eigenvalue weighted by atomic mass is 9.79. The summed E-state index contributed by atoms with van der Waals surface area (Å²) in [5.74, 6) is 0.0772. The Kier molecular flexibility index (Phi) is 5.60. The highest BCUT2D eigenvalue weighted by atomic mass is 16.3. The second-order valence-corrected chi connectivity index (χ2v) is 6.40. The fourth-order valence-corrected chi connectivity index (χ4v) is 2.49. The van der Waals surface area contributed by atoms with Crippen LogP contribution in [0.1, 0.15) is 52.4 Å². The highest BCUT2D eigenvalue weighted by molar-refractivity contribution is 5.83. The summed E-state index contributed by atoms with van der Waals surface area (Å²) in [5, 5.41) is 12.2. The third kappa shape index (κ3) is 3.95. The first-order valence-electron chi connectivity index (χ1n) is 7.05. The highest BCUT2D eigenvalue weighted by Gasteiger charge is 2.37. The van der Waals surface area contributed by atoms with Gasteiger partial charge in [0.2, 0.25) is 5.91 Å². The molecule has 1 aliphatic rings. The molecular weight excluding hydrogens is 228 g/mol. The lowest BCUT2D eigenvalue weighted by Gasteiger charge is -2.32. The Morgan fingerprint density at radius 1 is 1.28 bits per heavy atom. The molecule has 0 atom stereocenters. The van der Waals surface area contributed by atoms with E-state index >= 15 is 0 Å². The number of hydrogen-bond acceptors (Lipinski definition) is 3. The zero-order valence-electron chi connectivity index (χ0n) is 11.8. The van der Waals surface area contributed by atoms with Crippen molar-refractivity contribution in [3.05, 3.63) is 0 Å². The molecule has 0 unspecified atom stereocenters. The summed E-state index contributed by atoms with van der Waals surface area (Å²) in [4.78, 5) is 12.4. The number of nitrogens with one attached hydrogen (secondary N) is 1. The third-order valence-corrected chi connectivity index (χ3v) is 4.09. The van der Waals surface area contributed by atoms with E-state index in [1.165, 1.54) is 12.8 Å². The van der Waals surface area contributed by atoms with Crippen molar-refractivity contribution in [3.63, 3.8) is 0 Å². The van der Waals surface area contributed by atoms with Crippen molar-refractivity contribution in [3.8, 4) is 0 Å². The largest absolute Gasteiger partial charge is 0.396 e. The molecule has 0 aromatic heterocycles. The number of aliphatic hydroxyl groups is 1. The molecule has 0 heterocycles. The standard InChI is InChI=1S/C14H28N2O2/c1-13(2,11-17)10-16-12(18)14(9-15)7-5-3-4-6-8-14/h17H,3-11,15H2,1-2H3,(H,16,18). The quantitative estimate of drug-likeness (QED) is 0.651. The van der Waals surface area contributed by atoms with Crippen molar-refractivity contribution in [1.29, 1.82) is 0 Å². The van der Waals surface area contributed by atoms with Crippen LogP contribution in [0.15, 0.2) is 0 Å². The molecule has 4 N–H and O–H groups in total. The highest BCUT2D eigenvalue weighted by Crippen LogP contribution is 2.34. The molecule has 4 heteroatoms. The van der Waals surface area contributed by atoms with E-state index in [2.05, 4.69) is 5.32 Å². The molecule has 1 rings (SSSR count). The van der Waals surface area contributed by atoms with Gasteiger partial charge in [-0.2, -0.15) is 0 Å². The van der Waals surface area contributed by atoms with Crippen molar-refractivity contribution in [2.45, 2.75) is 52.4 Å². The number of carbonyl (C=O) groups is 1. The van der Waals surface area contributed by atoms with E-state index in [-0.39, 0.29) is 23.3 Å². The molecule has 0 radical (unpaired) electrons. The van der Waals surface area contributed by atoms with Crippen LogP contribution in [0, 0.1) is 10.8 Å². The normalized spacial score (nSPS) is 20.2. The van der Waals surface area contributed by atoms with Gasteiger partial charge in [0.1, 0.15) is 0 Å². The van der Waals surface area contributed by atoms with Crippen molar-refractivity contribution in [1.82, 2.24) is 5.32 Å². The van der Waals surface area contributed by atoms with E-state index in [0.29, 0.717) is 13.1 Å². The van der Waals surface area contributed by atoms with Gasteiger partial charge in [0, 0.05) is 25.1 Å². The van der Waals surface area contributed by atoms with Crippen molar-refractivity contribution in [2.75, 3.05) is 19.7 Å². The minimum Gasteiger partial charge on any atom is -0.396 e. The van der Waals surface area contributed by atoms with Gasteiger partial charge < -0.3 is 16.2 Å². The summed E-state index contributed by atoms with van der Waals surface area (Å²) >= 11 is 0. The molecule has 0 aromatic carbocycles. The van der Waals surface area contributed by atoms with Crippen molar-refractivity contribution in [2.24, 2.45) is 16.6 Å². The first-order chi connectivity index (χ1) is 8.46. The summed E-state index contributed by atoms with van der Waals surface area (Å²) in [6.07, 6.45) is 6.39. The van der Waals surface area contributed by atoms with Gasteiger partial charge in [-0.05, 0) is 12.8 Å². The van der Waals surface area contributed by atoms with E-state index in [1.54, 1.807) is 0 Å². The van der Waals surface area contributed by atoms with Crippen LogP contribution in [0.4, 0.5) is 0 Å². The van der Waals surface area contributed by atoms with Crippen LogP contribution in [0.2, 0.25) is 0 Å². The predicted molar refractivity (Wildman–Crippen MR) is 73.1 cm³/mol. The molecule has 0 aromatic rings. The summed E-state index contributed by atoms with van der Waals surface area (Å²) in [7, 11) is 0. The predicted octanol–water partition coefficient (Wildman–Crippen LogP) is 1.42. The molecule has 0 aliphatic heterocycles. The number of carbonyl (C=O) groups excluding carboxylic acids is 1. The molecule has 0 bridgehead atoms. The van der Waals surface area contributed by atoms with Crippen LogP contribution >= 0.6 is 0 Å². The second kappa shape index (κ2) is 6.53. The van der Waals surface area contributed by atoms with Crippen LogP contribution in [0.25, 0.3) is 0 Å². The van der Waals surface area contributed by atoms with E-state index in [1.807, 2.05) is 13.8 Å². The molecule has 0 saturated heterocycles. The lowest BCUT2D eigenvalue weighted by Crippen LogP contribution is -2.48. The average Bonchev–Trinajstić information content (AvgIpc) is 2.62. The van der Waals surface area contributed by atoms with E-state index < -0.39 is 0 Å². The summed E-state index contributed by atoms with van der Waals surface area (Å²) < 4.78 is 0. The van der Waals surface area contributed by atoms with Gasteiger partial charge in [0.05, 0.1) is 5.41 Å². The number of aliphatic hydroxyl groups excluding tert-OH is 1. The SMILES string of the molecule is CC(C)(CO)CNC(=O)C1(CN)CCCCCC1. The maximum Gasteiger partial charge on any atom is 0.227 e. The topological polar surface area (TPSA) is 75.3 Å². The van der Waals surface area contributed by atoms with E-state index in [4.69, 9.17) is 5.73 Å². The van der Waals surface area contributed by atoms with Crippen LogP contribution in [-0.4, -0.2) is 30.7 Å². The fourth-order valence-electron chi connectivity index (χ4n) is 2.49. The Labute approximate surface area is 110 Å². The minimum atomic E-state index is -0.373. The van der Waals surface area contributed by atoms with Gasteiger partial charge in [-0.15, -0.1) is 0 Å². The second-order valence-electron chi connectivity index (χ2n) is 6.40. The molecule has 4 nitrogen and oxygen atoms in total. The third-order valence-electron chi connectivity index (χ3n) is 4.09. The Morgan fingerprint density at radius 2 is 1.83 bits per heavy atom. The smallest absolute Gasteiger partial charge is 0.227 e. The Morgan fingerprint density at radius 3 is 2.28 bits per heavy atom. The van der Waals surface area contributed by atoms with Crippen LogP contribution in [0.5, 0.6) is 0 Å². The molecular formula is C14H28N2O2. The van der Waals surface area contributed by atoms with Gasteiger partial charge in [0.15, 0.2) is 0 Å². The maximum atomic E-state index is 12.4. The van der Waals surface area contributed by atoms with Gasteiger partial charge in [-0.25, -0.2) is 0 Å². The van der Waals surface area contributed by atoms with Crippen molar-refractivity contribution < 1.29 is 9.90 Å². The zero-order valence-corrected chi connectivity index (χ0v) is 11.8. The van der Waals surface area contributed by atoms with Gasteiger partial charge in [0.25, 0.3) is 0 Å². The average molecular weight is 256 g/mol. The molecule has 1 saturated carbocycles. The molecule has 1 amide bonds. The summed E-state index contributed by atoms with van der Waals surface area (Å²) in [6.45, 7) is 4.89. The van der Waals surface area contributed by atoms with Gasteiger partial charge in [-0.3, -0.25) is 4.79 Å². The molecule has 18 heavy (non-hydrogen) atoms. The molecule has 0 spiro atoms. The van der Waals surface area contributed by atoms with Crippen LogP contribution in [-0.2, 0) is 4.79 Å². The van der Waals surface area contributed by atoms with Gasteiger partial charge in [-0.1, -0.05) is 39.5 Å². The van der Waals surface area contributed by atoms with Crippen LogP contribution < -0.4 is 11.1 Å². The van der Waals surface area contributed by atoms with E-state index in [0.717, 1.165) is 25.7 Å². The summed E-state index contributed by atoms with van der Waals surface area (Å²) in [6, 6.07) is 0. The minimum absolute atomic E-state index is 0.0723. The first kappa shape index (κ1) is 15.4. The number of amides is 1. The Bertz CT molecular complexity index is 269. The van der Waals surface area contributed by atoms with Crippen molar-refractivity contribution >= 4 is 5.91 Å². The van der Waals surface area contributed by atoms with Crippen LogP contribution in [0.3, 0.4) is 0 Å².